The van der Waals surface area contributed by atoms with Crippen molar-refractivity contribution in [3.8, 4) is 0 Å². The molecular formula is C16H14F2N2O2. The van der Waals surface area contributed by atoms with E-state index in [-0.39, 0.29) is 5.82 Å². The van der Waals surface area contributed by atoms with Crippen LogP contribution in [0.1, 0.15) is 18.5 Å². The molecule has 114 valence electrons. The Kier molecular flexibility index (Phi) is 4.83. The normalized spacial score (nSPS) is 11.6. The fourth-order valence-electron chi connectivity index (χ4n) is 1.82. The molecule has 2 amide bonds. The van der Waals surface area contributed by atoms with Crippen molar-refractivity contribution in [3.63, 3.8) is 0 Å². The van der Waals surface area contributed by atoms with Gasteiger partial charge in [-0.05, 0) is 48.9 Å². The van der Waals surface area contributed by atoms with Gasteiger partial charge in [0.15, 0.2) is 0 Å². The maximum atomic E-state index is 12.8. The van der Waals surface area contributed by atoms with E-state index < -0.39 is 23.7 Å². The van der Waals surface area contributed by atoms with Crippen LogP contribution in [0, 0.1) is 11.6 Å². The van der Waals surface area contributed by atoms with Crippen LogP contribution in [0.3, 0.4) is 0 Å². The summed E-state index contributed by atoms with van der Waals surface area (Å²) in [4.78, 5) is 23.5. The highest BCUT2D eigenvalue weighted by molar-refractivity contribution is 6.39. The highest BCUT2D eigenvalue weighted by Crippen LogP contribution is 2.13. The SMILES string of the molecule is C[C@H](NC(=O)C(=O)Nc1ccc(F)cc1)c1ccc(F)cc1. The predicted octanol–water partition coefficient (Wildman–Crippen LogP) is 2.78. The molecule has 0 unspecified atom stereocenters. The van der Waals surface area contributed by atoms with Gasteiger partial charge in [0.25, 0.3) is 0 Å². The van der Waals surface area contributed by atoms with Gasteiger partial charge in [0.1, 0.15) is 11.6 Å². The van der Waals surface area contributed by atoms with Gasteiger partial charge in [-0.25, -0.2) is 8.78 Å². The molecule has 1 atom stereocenters. The second-order valence-electron chi connectivity index (χ2n) is 4.71. The molecule has 0 aliphatic heterocycles. The lowest BCUT2D eigenvalue weighted by Crippen LogP contribution is -2.36. The minimum Gasteiger partial charge on any atom is -0.341 e. The molecule has 0 aromatic heterocycles. The Hall–Kier alpha value is -2.76. The van der Waals surface area contributed by atoms with Crippen LogP contribution in [-0.4, -0.2) is 11.8 Å². The van der Waals surface area contributed by atoms with Gasteiger partial charge in [0, 0.05) is 5.69 Å². The van der Waals surface area contributed by atoms with E-state index in [4.69, 9.17) is 0 Å². The van der Waals surface area contributed by atoms with E-state index >= 15 is 0 Å². The van der Waals surface area contributed by atoms with Gasteiger partial charge in [-0.2, -0.15) is 0 Å². The van der Waals surface area contributed by atoms with Gasteiger partial charge in [-0.3, -0.25) is 9.59 Å². The molecule has 6 heteroatoms. The van der Waals surface area contributed by atoms with Gasteiger partial charge < -0.3 is 10.6 Å². The first kappa shape index (κ1) is 15.6. The molecule has 0 bridgehead atoms. The summed E-state index contributed by atoms with van der Waals surface area (Å²) in [5.74, 6) is -2.51. The zero-order valence-electron chi connectivity index (χ0n) is 11.8. The third-order valence-electron chi connectivity index (χ3n) is 3.03. The number of carbonyl (C=O) groups excluding carboxylic acids is 2. The molecule has 0 fully saturated rings. The first-order chi connectivity index (χ1) is 10.5. The second-order valence-corrected chi connectivity index (χ2v) is 4.71. The van der Waals surface area contributed by atoms with Crippen LogP contribution >= 0.6 is 0 Å². The van der Waals surface area contributed by atoms with Gasteiger partial charge in [-0.15, -0.1) is 0 Å². The molecule has 2 aromatic rings. The zero-order valence-corrected chi connectivity index (χ0v) is 11.8. The molecule has 0 saturated heterocycles. The predicted molar refractivity (Wildman–Crippen MR) is 78.0 cm³/mol. The highest BCUT2D eigenvalue weighted by atomic mass is 19.1. The number of benzene rings is 2. The maximum Gasteiger partial charge on any atom is 0.313 e. The van der Waals surface area contributed by atoms with Crippen LogP contribution in [0.2, 0.25) is 0 Å². The van der Waals surface area contributed by atoms with Crippen LogP contribution in [0.5, 0.6) is 0 Å². The third kappa shape index (κ3) is 4.12. The summed E-state index contributed by atoms with van der Waals surface area (Å²) in [7, 11) is 0. The lowest BCUT2D eigenvalue weighted by atomic mass is 10.1. The average Bonchev–Trinajstić information content (AvgIpc) is 2.50. The van der Waals surface area contributed by atoms with E-state index in [2.05, 4.69) is 10.6 Å². The monoisotopic (exact) mass is 304 g/mol. The van der Waals surface area contributed by atoms with Crippen molar-refractivity contribution in [2.75, 3.05) is 5.32 Å². The molecule has 0 radical (unpaired) electrons. The van der Waals surface area contributed by atoms with Gasteiger partial charge in [0.2, 0.25) is 0 Å². The van der Waals surface area contributed by atoms with Crippen molar-refractivity contribution in [1.29, 1.82) is 0 Å². The summed E-state index contributed by atoms with van der Waals surface area (Å²) in [6.07, 6.45) is 0. The van der Waals surface area contributed by atoms with Gasteiger partial charge in [-0.1, -0.05) is 12.1 Å². The van der Waals surface area contributed by atoms with Gasteiger partial charge >= 0.3 is 11.8 Å². The molecule has 22 heavy (non-hydrogen) atoms. The van der Waals surface area contributed by atoms with Crippen molar-refractivity contribution in [2.24, 2.45) is 0 Å². The van der Waals surface area contributed by atoms with Crippen molar-refractivity contribution in [1.82, 2.24) is 5.32 Å². The molecule has 0 aliphatic rings. The van der Waals surface area contributed by atoms with E-state index in [1.807, 2.05) is 0 Å². The van der Waals surface area contributed by atoms with E-state index in [1.54, 1.807) is 6.92 Å². The van der Waals surface area contributed by atoms with Crippen molar-refractivity contribution in [2.45, 2.75) is 13.0 Å². The fraction of sp³-hybridized carbons (Fsp3) is 0.125. The molecular weight excluding hydrogens is 290 g/mol. The number of anilines is 1. The molecule has 2 rings (SSSR count). The molecule has 0 aliphatic carbocycles. The van der Waals surface area contributed by atoms with Crippen LogP contribution in [-0.2, 0) is 9.59 Å². The van der Waals surface area contributed by atoms with Crippen molar-refractivity contribution < 1.29 is 18.4 Å². The summed E-state index contributed by atoms with van der Waals surface area (Å²) in [5, 5.41) is 4.86. The summed E-state index contributed by atoms with van der Waals surface area (Å²) in [6, 6.07) is 10.2. The number of rotatable bonds is 3. The smallest absolute Gasteiger partial charge is 0.313 e. The number of hydrogen-bond donors (Lipinski definition) is 2. The van der Waals surface area contributed by atoms with Crippen LogP contribution < -0.4 is 10.6 Å². The number of halogens is 2. The minimum absolute atomic E-state index is 0.316. The van der Waals surface area contributed by atoms with E-state index in [1.165, 1.54) is 48.5 Å². The molecule has 0 spiro atoms. The lowest BCUT2D eigenvalue weighted by molar-refractivity contribution is -0.136. The average molecular weight is 304 g/mol. The fourth-order valence-corrected chi connectivity index (χ4v) is 1.82. The second kappa shape index (κ2) is 6.80. The summed E-state index contributed by atoms with van der Waals surface area (Å²) < 4.78 is 25.6. The molecule has 0 saturated carbocycles. The quantitative estimate of drug-likeness (QED) is 0.857. The number of carbonyl (C=O) groups is 2. The molecule has 2 N–H and O–H groups in total. The van der Waals surface area contributed by atoms with E-state index in [9.17, 15) is 18.4 Å². The van der Waals surface area contributed by atoms with E-state index in [0.29, 0.717) is 11.3 Å². The van der Waals surface area contributed by atoms with Crippen LogP contribution in [0.25, 0.3) is 0 Å². The van der Waals surface area contributed by atoms with Crippen LogP contribution in [0.15, 0.2) is 48.5 Å². The largest absolute Gasteiger partial charge is 0.341 e. The Balaban J connectivity index is 1.94. The number of hydrogen-bond acceptors (Lipinski definition) is 2. The summed E-state index contributed by atoms with van der Waals surface area (Å²) in [5.41, 5.74) is 0.986. The van der Waals surface area contributed by atoms with E-state index in [0.717, 1.165) is 0 Å². The molecule has 2 aromatic carbocycles. The molecule has 4 nitrogen and oxygen atoms in total. The standard InChI is InChI=1S/C16H14F2N2O2/c1-10(11-2-4-12(17)5-3-11)19-15(21)16(22)20-14-8-6-13(18)7-9-14/h2-10H,1H3,(H,19,21)(H,20,22)/t10-/m0/s1. The van der Waals surface area contributed by atoms with Crippen molar-refractivity contribution >= 4 is 17.5 Å². The maximum absolute atomic E-state index is 12.8. The number of amides is 2. The van der Waals surface area contributed by atoms with Gasteiger partial charge in [0.05, 0.1) is 6.04 Å². The first-order valence-electron chi connectivity index (χ1n) is 6.58. The summed E-state index contributed by atoms with van der Waals surface area (Å²) >= 11 is 0. The Labute approximate surface area is 126 Å². The Morgan fingerprint density at radius 2 is 1.36 bits per heavy atom. The third-order valence-corrected chi connectivity index (χ3v) is 3.03. The highest BCUT2D eigenvalue weighted by Gasteiger charge is 2.17. The summed E-state index contributed by atoms with van der Waals surface area (Å²) in [6.45, 7) is 1.68. The first-order valence-corrected chi connectivity index (χ1v) is 6.58. The topological polar surface area (TPSA) is 58.2 Å². The number of nitrogens with one attached hydrogen (secondary N) is 2. The Morgan fingerprint density at radius 1 is 0.864 bits per heavy atom. The van der Waals surface area contributed by atoms with Crippen molar-refractivity contribution in [3.05, 3.63) is 65.7 Å². The Bertz CT molecular complexity index is 670. The lowest BCUT2D eigenvalue weighted by Gasteiger charge is -2.14. The molecule has 0 heterocycles. The van der Waals surface area contributed by atoms with Crippen LogP contribution in [0.4, 0.5) is 14.5 Å². The zero-order chi connectivity index (χ0) is 16.1. The minimum atomic E-state index is -0.861. The Morgan fingerprint density at radius 3 is 1.91 bits per heavy atom.